The van der Waals surface area contributed by atoms with Gasteiger partial charge >= 0.3 is 5.97 Å². The van der Waals surface area contributed by atoms with E-state index in [0.29, 0.717) is 42.8 Å². The van der Waals surface area contributed by atoms with Gasteiger partial charge < -0.3 is 19.7 Å². The van der Waals surface area contributed by atoms with Crippen molar-refractivity contribution in [3.05, 3.63) is 75.3 Å². The van der Waals surface area contributed by atoms with Crippen LogP contribution in [-0.4, -0.2) is 42.2 Å². The number of hydrogen-bond donors (Lipinski definition) is 1. The molecule has 1 aliphatic heterocycles. The number of nitrogens with zero attached hydrogens (tertiary/aromatic N) is 3. The molecule has 2 aromatic carbocycles. The van der Waals surface area contributed by atoms with Crippen molar-refractivity contribution in [2.24, 2.45) is 0 Å². The number of nitrogens with one attached hydrogen (secondary N) is 1. The number of thiazole rings is 1. The Balaban J connectivity index is 1.40. The van der Waals surface area contributed by atoms with Gasteiger partial charge in [0.05, 0.1) is 29.4 Å². The summed E-state index contributed by atoms with van der Waals surface area (Å²) in [6.45, 7) is 2.12. The first kappa shape index (κ1) is 20.8. The fourth-order valence-electron chi connectivity index (χ4n) is 3.17. The molecule has 0 spiro atoms. The van der Waals surface area contributed by atoms with Gasteiger partial charge in [-0.2, -0.15) is 0 Å². The zero-order chi connectivity index (χ0) is 21.6. The topological polar surface area (TPSA) is 107 Å². The first-order valence-electron chi connectivity index (χ1n) is 9.65. The molecule has 1 N–H and O–H groups in total. The zero-order valence-electron chi connectivity index (χ0n) is 16.5. The molecule has 1 aromatic heterocycles. The largest absolute Gasteiger partial charge is 0.456 e. The summed E-state index contributed by atoms with van der Waals surface area (Å²) in [7, 11) is 0. The van der Waals surface area contributed by atoms with Crippen molar-refractivity contribution in [3.63, 3.8) is 0 Å². The highest BCUT2D eigenvalue weighted by Gasteiger charge is 2.24. The number of morpholine rings is 1. The van der Waals surface area contributed by atoms with Crippen LogP contribution in [0.4, 0.5) is 22.2 Å². The van der Waals surface area contributed by atoms with Gasteiger partial charge in [-0.05, 0) is 24.3 Å². The van der Waals surface area contributed by atoms with Crippen LogP contribution in [-0.2, 0) is 16.1 Å². The number of ether oxygens (including phenoxy) is 2. The third-order valence-electron chi connectivity index (χ3n) is 4.69. The van der Waals surface area contributed by atoms with Crippen molar-refractivity contribution in [2.45, 2.75) is 6.61 Å². The molecular formula is C21H20N4O5S. The molecule has 1 saturated heterocycles. The predicted molar refractivity (Wildman–Crippen MR) is 117 cm³/mol. The summed E-state index contributed by atoms with van der Waals surface area (Å²) >= 11 is 1.40. The van der Waals surface area contributed by atoms with Crippen LogP contribution in [0.3, 0.4) is 0 Å². The molecule has 10 heteroatoms. The Labute approximate surface area is 182 Å². The molecule has 1 fully saturated rings. The van der Waals surface area contributed by atoms with Gasteiger partial charge in [0.25, 0.3) is 5.69 Å². The molecule has 0 atom stereocenters. The molecular weight excluding hydrogens is 420 g/mol. The van der Waals surface area contributed by atoms with Crippen LogP contribution in [0.1, 0.15) is 16.1 Å². The molecule has 9 nitrogen and oxygen atoms in total. The molecule has 160 valence electrons. The van der Waals surface area contributed by atoms with Crippen LogP contribution in [0.5, 0.6) is 0 Å². The minimum Gasteiger partial charge on any atom is -0.456 e. The quantitative estimate of drug-likeness (QED) is 0.334. The van der Waals surface area contributed by atoms with Gasteiger partial charge in [-0.15, -0.1) is 11.3 Å². The number of rotatable bonds is 7. The molecule has 3 aromatic rings. The van der Waals surface area contributed by atoms with E-state index < -0.39 is 10.9 Å². The van der Waals surface area contributed by atoms with Crippen LogP contribution in [0.15, 0.2) is 53.9 Å². The van der Waals surface area contributed by atoms with E-state index in [1.54, 1.807) is 17.5 Å². The van der Waals surface area contributed by atoms with Crippen LogP contribution < -0.4 is 10.2 Å². The van der Waals surface area contributed by atoms with Gasteiger partial charge in [-0.25, -0.2) is 9.78 Å². The van der Waals surface area contributed by atoms with E-state index in [1.165, 1.54) is 17.4 Å². The molecule has 1 aliphatic rings. The van der Waals surface area contributed by atoms with E-state index in [-0.39, 0.29) is 17.9 Å². The third kappa shape index (κ3) is 5.16. The van der Waals surface area contributed by atoms with E-state index in [2.05, 4.69) is 10.3 Å². The number of carbonyl (C=O) groups is 1. The Hall–Kier alpha value is -3.50. The second-order valence-electron chi connectivity index (χ2n) is 6.77. The summed E-state index contributed by atoms with van der Waals surface area (Å²) in [5.41, 5.74) is 1.98. The number of nitro groups is 1. The summed E-state index contributed by atoms with van der Waals surface area (Å²) in [5.74, 6) is -0.637. The van der Waals surface area contributed by atoms with Crippen molar-refractivity contribution in [3.8, 4) is 0 Å². The number of hydrogen-bond acceptors (Lipinski definition) is 9. The lowest BCUT2D eigenvalue weighted by atomic mass is 10.1. The van der Waals surface area contributed by atoms with Crippen molar-refractivity contribution < 1.29 is 19.2 Å². The van der Waals surface area contributed by atoms with Gasteiger partial charge in [0.2, 0.25) is 0 Å². The Kier molecular flexibility index (Phi) is 6.39. The maximum absolute atomic E-state index is 12.5. The Bertz CT molecular complexity index is 1070. The first-order chi connectivity index (χ1) is 15.1. The van der Waals surface area contributed by atoms with Crippen molar-refractivity contribution >= 4 is 39.5 Å². The molecule has 4 rings (SSSR count). The van der Waals surface area contributed by atoms with Gasteiger partial charge in [0.15, 0.2) is 5.13 Å². The lowest BCUT2D eigenvalue weighted by molar-refractivity contribution is -0.384. The maximum atomic E-state index is 12.5. The summed E-state index contributed by atoms with van der Waals surface area (Å²) < 4.78 is 10.6. The highest BCUT2D eigenvalue weighted by atomic mass is 32.1. The average molecular weight is 440 g/mol. The smallest absolute Gasteiger partial charge is 0.338 e. The molecule has 31 heavy (non-hydrogen) atoms. The molecule has 0 radical (unpaired) electrons. The van der Waals surface area contributed by atoms with E-state index in [4.69, 9.17) is 9.47 Å². The summed E-state index contributed by atoms with van der Waals surface area (Å²) in [6, 6.07) is 14.0. The van der Waals surface area contributed by atoms with Crippen molar-refractivity contribution in [2.75, 3.05) is 36.5 Å². The van der Waals surface area contributed by atoms with Crippen LogP contribution >= 0.6 is 11.3 Å². The van der Waals surface area contributed by atoms with Crippen LogP contribution in [0.25, 0.3) is 0 Å². The van der Waals surface area contributed by atoms with Gasteiger partial charge in [0.1, 0.15) is 12.3 Å². The Morgan fingerprint density at radius 3 is 2.74 bits per heavy atom. The number of esters is 1. The fourth-order valence-corrected chi connectivity index (χ4v) is 3.88. The Morgan fingerprint density at radius 2 is 2.00 bits per heavy atom. The zero-order valence-corrected chi connectivity index (χ0v) is 17.3. The molecule has 0 unspecified atom stereocenters. The van der Waals surface area contributed by atoms with E-state index in [0.717, 1.165) is 5.69 Å². The monoisotopic (exact) mass is 440 g/mol. The standard InChI is InChI=1S/C21H20N4O5S/c26-20(30-13-17-14-31-21(23-17)22-16-4-2-1-3-5-16)15-6-7-18(19(12-15)25(27)28)24-8-10-29-11-9-24/h1-7,12,14H,8-11,13H2,(H,22,23). The van der Waals surface area contributed by atoms with Gasteiger partial charge in [-0.1, -0.05) is 18.2 Å². The lowest BCUT2D eigenvalue weighted by Crippen LogP contribution is -2.36. The number of aromatic nitrogens is 1. The van der Waals surface area contributed by atoms with E-state index in [9.17, 15) is 14.9 Å². The van der Waals surface area contributed by atoms with Crippen molar-refractivity contribution in [1.29, 1.82) is 0 Å². The van der Waals surface area contributed by atoms with E-state index >= 15 is 0 Å². The number of benzene rings is 2. The Morgan fingerprint density at radius 1 is 1.23 bits per heavy atom. The fraction of sp³-hybridized carbons (Fsp3) is 0.238. The SMILES string of the molecule is O=C(OCc1csc(Nc2ccccc2)n1)c1ccc(N2CCOCC2)c([N+](=O)[O-])c1. The number of para-hydroxylation sites is 1. The average Bonchev–Trinajstić information content (AvgIpc) is 3.25. The minimum absolute atomic E-state index is 0.0230. The molecule has 0 aliphatic carbocycles. The second-order valence-corrected chi connectivity index (χ2v) is 7.63. The number of nitro benzene ring substituents is 1. The highest BCUT2D eigenvalue weighted by molar-refractivity contribution is 7.13. The first-order valence-corrected chi connectivity index (χ1v) is 10.5. The highest BCUT2D eigenvalue weighted by Crippen LogP contribution is 2.30. The minimum atomic E-state index is -0.637. The third-order valence-corrected chi connectivity index (χ3v) is 5.49. The van der Waals surface area contributed by atoms with Crippen molar-refractivity contribution in [1.82, 2.24) is 4.98 Å². The van der Waals surface area contributed by atoms with Gasteiger partial charge in [0, 0.05) is 30.2 Å². The molecule has 0 bridgehead atoms. The number of anilines is 3. The lowest BCUT2D eigenvalue weighted by Gasteiger charge is -2.28. The number of carbonyl (C=O) groups excluding carboxylic acids is 1. The van der Waals surface area contributed by atoms with Gasteiger partial charge in [-0.3, -0.25) is 10.1 Å². The maximum Gasteiger partial charge on any atom is 0.338 e. The van der Waals surface area contributed by atoms with Crippen LogP contribution in [0.2, 0.25) is 0 Å². The molecule has 2 heterocycles. The summed E-state index contributed by atoms with van der Waals surface area (Å²) in [5, 5.41) is 17.2. The van der Waals surface area contributed by atoms with Crippen LogP contribution in [0, 0.1) is 10.1 Å². The molecule has 0 amide bonds. The van der Waals surface area contributed by atoms with E-state index in [1.807, 2.05) is 35.2 Å². The predicted octanol–water partition coefficient (Wildman–Crippen LogP) is 3.99. The molecule has 0 saturated carbocycles. The second kappa shape index (κ2) is 9.54. The normalized spacial score (nSPS) is 13.6. The summed E-state index contributed by atoms with van der Waals surface area (Å²) in [6.07, 6.45) is 0. The summed E-state index contributed by atoms with van der Waals surface area (Å²) in [4.78, 5) is 29.8.